The highest BCUT2D eigenvalue weighted by Gasteiger charge is 2.24. The number of rotatable bonds is 1. The SMILES string of the molecule is O=C(c1ccc(F)c(Br)c1)N1Cc2ccccc2C1. The van der Waals surface area contributed by atoms with E-state index in [4.69, 9.17) is 0 Å². The van der Waals surface area contributed by atoms with Crippen LogP contribution >= 0.6 is 15.9 Å². The Kier molecular flexibility index (Phi) is 3.11. The van der Waals surface area contributed by atoms with Gasteiger partial charge in [-0.15, -0.1) is 0 Å². The van der Waals surface area contributed by atoms with Crippen LogP contribution in [-0.2, 0) is 13.1 Å². The number of hydrogen-bond acceptors (Lipinski definition) is 1. The summed E-state index contributed by atoms with van der Waals surface area (Å²) in [5, 5.41) is 0. The molecule has 1 heterocycles. The van der Waals surface area contributed by atoms with Crippen LogP contribution in [0.5, 0.6) is 0 Å². The molecule has 0 aromatic heterocycles. The molecule has 19 heavy (non-hydrogen) atoms. The van der Waals surface area contributed by atoms with E-state index in [0.717, 1.165) is 0 Å². The van der Waals surface area contributed by atoms with Gasteiger partial charge in [-0.3, -0.25) is 4.79 Å². The van der Waals surface area contributed by atoms with E-state index in [1.807, 2.05) is 24.3 Å². The van der Waals surface area contributed by atoms with E-state index >= 15 is 0 Å². The summed E-state index contributed by atoms with van der Waals surface area (Å²) in [6.07, 6.45) is 0. The number of nitrogens with zero attached hydrogens (tertiary/aromatic N) is 1. The van der Waals surface area contributed by atoms with Crippen LogP contribution in [-0.4, -0.2) is 10.8 Å². The third-order valence-electron chi connectivity index (χ3n) is 3.29. The average Bonchev–Trinajstić information content (AvgIpc) is 2.85. The monoisotopic (exact) mass is 319 g/mol. The normalized spacial score (nSPS) is 13.5. The number of carbonyl (C=O) groups excluding carboxylic acids is 1. The van der Waals surface area contributed by atoms with Gasteiger partial charge in [0.25, 0.3) is 5.91 Å². The smallest absolute Gasteiger partial charge is 0.254 e. The fourth-order valence-electron chi connectivity index (χ4n) is 2.29. The molecule has 0 atom stereocenters. The highest BCUT2D eigenvalue weighted by molar-refractivity contribution is 9.10. The second kappa shape index (κ2) is 4.78. The minimum absolute atomic E-state index is 0.0723. The second-order valence-corrected chi connectivity index (χ2v) is 5.41. The van der Waals surface area contributed by atoms with Crippen LogP contribution in [0.4, 0.5) is 4.39 Å². The van der Waals surface area contributed by atoms with Gasteiger partial charge >= 0.3 is 0 Å². The van der Waals surface area contributed by atoms with E-state index in [1.165, 1.54) is 29.3 Å². The molecule has 0 N–H and O–H groups in total. The van der Waals surface area contributed by atoms with Crippen LogP contribution in [0.3, 0.4) is 0 Å². The van der Waals surface area contributed by atoms with Crippen LogP contribution in [0.2, 0.25) is 0 Å². The molecule has 0 aliphatic carbocycles. The predicted octanol–water partition coefficient (Wildman–Crippen LogP) is 3.74. The van der Waals surface area contributed by atoms with Crippen LogP contribution < -0.4 is 0 Å². The largest absolute Gasteiger partial charge is 0.330 e. The predicted molar refractivity (Wildman–Crippen MR) is 74.1 cm³/mol. The summed E-state index contributed by atoms with van der Waals surface area (Å²) in [7, 11) is 0. The molecule has 0 unspecified atom stereocenters. The lowest BCUT2D eigenvalue weighted by Crippen LogP contribution is -2.25. The minimum Gasteiger partial charge on any atom is -0.330 e. The summed E-state index contributed by atoms with van der Waals surface area (Å²) < 4.78 is 13.5. The van der Waals surface area contributed by atoms with Crippen LogP contribution in [0.15, 0.2) is 46.9 Å². The number of benzene rings is 2. The Morgan fingerprint density at radius 2 is 1.74 bits per heavy atom. The first kappa shape index (κ1) is 12.4. The van der Waals surface area contributed by atoms with Crippen molar-refractivity contribution < 1.29 is 9.18 Å². The second-order valence-electron chi connectivity index (χ2n) is 4.56. The zero-order valence-corrected chi connectivity index (χ0v) is 11.7. The summed E-state index contributed by atoms with van der Waals surface area (Å²) in [6, 6.07) is 12.4. The van der Waals surface area contributed by atoms with Gasteiger partial charge in [-0.25, -0.2) is 4.39 Å². The number of carbonyl (C=O) groups is 1. The molecule has 4 heteroatoms. The quantitative estimate of drug-likeness (QED) is 0.784. The van der Waals surface area contributed by atoms with Crippen molar-refractivity contribution in [1.29, 1.82) is 0 Å². The van der Waals surface area contributed by atoms with Gasteiger partial charge in [0.1, 0.15) is 5.82 Å². The first-order valence-corrected chi connectivity index (χ1v) is 6.75. The van der Waals surface area contributed by atoms with Gasteiger partial charge in [-0.2, -0.15) is 0 Å². The van der Waals surface area contributed by atoms with Gasteiger partial charge in [0.2, 0.25) is 0 Å². The lowest BCUT2D eigenvalue weighted by molar-refractivity contribution is 0.0751. The summed E-state index contributed by atoms with van der Waals surface area (Å²) in [6.45, 7) is 1.23. The number of fused-ring (bicyclic) bond motifs is 1. The van der Waals surface area contributed by atoms with Gasteiger partial charge in [0.05, 0.1) is 4.47 Å². The maximum Gasteiger partial charge on any atom is 0.254 e. The van der Waals surface area contributed by atoms with Crippen molar-refractivity contribution in [2.24, 2.45) is 0 Å². The Labute approximate surface area is 119 Å². The number of hydrogen-bond donors (Lipinski definition) is 0. The molecule has 1 aliphatic heterocycles. The summed E-state index contributed by atoms with van der Waals surface area (Å²) >= 11 is 3.11. The highest BCUT2D eigenvalue weighted by atomic mass is 79.9. The molecule has 0 radical (unpaired) electrons. The van der Waals surface area contributed by atoms with E-state index in [2.05, 4.69) is 15.9 Å². The molecule has 1 aliphatic rings. The standard InChI is InChI=1S/C15H11BrFNO/c16-13-7-10(5-6-14(13)17)15(19)18-8-11-3-1-2-4-12(11)9-18/h1-7H,8-9H2. The number of amides is 1. The Bertz CT molecular complexity index is 631. The van der Waals surface area contributed by atoms with E-state index in [1.54, 1.807) is 4.90 Å². The molecule has 0 saturated carbocycles. The fraction of sp³-hybridized carbons (Fsp3) is 0.133. The molecule has 0 fully saturated rings. The first-order chi connectivity index (χ1) is 9.15. The molecule has 2 aromatic rings. The third-order valence-corrected chi connectivity index (χ3v) is 3.90. The fourth-order valence-corrected chi connectivity index (χ4v) is 2.67. The maximum atomic E-state index is 13.2. The molecule has 2 nitrogen and oxygen atoms in total. The summed E-state index contributed by atoms with van der Waals surface area (Å²) in [5.74, 6) is -0.432. The van der Waals surface area contributed by atoms with E-state index in [9.17, 15) is 9.18 Å². The van der Waals surface area contributed by atoms with E-state index in [0.29, 0.717) is 23.1 Å². The summed E-state index contributed by atoms with van der Waals surface area (Å²) in [4.78, 5) is 14.1. The molecule has 0 spiro atoms. The lowest BCUT2D eigenvalue weighted by Gasteiger charge is -2.15. The van der Waals surface area contributed by atoms with Crippen molar-refractivity contribution >= 4 is 21.8 Å². The Morgan fingerprint density at radius 1 is 1.11 bits per heavy atom. The van der Waals surface area contributed by atoms with Crippen molar-refractivity contribution in [3.63, 3.8) is 0 Å². The van der Waals surface area contributed by atoms with Crippen LogP contribution in [0, 0.1) is 5.82 Å². The molecule has 0 bridgehead atoms. The van der Waals surface area contributed by atoms with Crippen LogP contribution in [0.25, 0.3) is 0 Å². The van der Waals surface area contributed by atoms with Crippen LogP contribution in [0.1, 0.15) is 21.5 Å². The highest BCUT2D eigenvalue weighted by Crippen LogP contribution is 2.25. The molecule has 96 valence electrons. The topological polar surface area (TPSA) is 20.3 Å². The third kappa shape index (κ3) is 2.28. The molecular formula is C15H11BrFNO. The van der Waals surface area contributed by atoms with E-state index < -0.39 is 0 Å². The Morgan fingerprint density at radius 3 is 2.32 bits per heavy atom. The van der Waals surface area contributed by atoms with Crippen molar-refractivity contribution in [3.05, 3.63) is 69.4 Å². The molecule has 2 aromatic carbocycles. The van der Waals surface area contributed by atoms with Crippen molar-refractivity contribution in [1.82, 2.24) is 4.90 Å². The first-order valence-electron chi connectivity index (χ1n) is 5.96. The lowest BCUT2D eigenvalue weighted by atomic mass is 10.1. The van der Waals surface area contributed by atoms with Crippen molar-refractivity contribution in [2.45, 2.75) is 13.1 Å². The van der Waals surface area contributed by atoms with Gasteiger partial charge in [-0.1, -0.05) is 24.3 Å². The van der Waals surface area contributed by atoms with Gasteiger partial charge in [0.15, 0.2) is 0 Å². The average molecular weight is 320 g/mol. The number of halogens is 2. The zero-order chi connectivity index (χ0) is 13.4. The summed E-state index contributed by atoms with van der Waals surface area (Å²) in [5.41, 5.74) is 2.86. The maximum absolute atomic E-state index is 13.2. The molecule has 3 rings (SSSR count). The van der Waals surface area contributed by atoms with Crippen molar-refractivity contribution in [3.8, 4) is 0 Å². The minimum atomic E-state index is -0.360. The van der Waals surface area contributed by atoms with E-state index in [-0.39, 0.29) is 11.7 Å². The van der Waals surface area contributed by atoms with Gasteiger partial charge in [-0.05, 0) is 45.3 Å². The zero-order valence-electron chi connectivity index (χ0n) is 10.1. The Hall–Kier alpha value is -1.68. The molecular weight excluding hydrogens is 309 g/mol. The van der Waals surface area contributed by atoms with Gasteiger partial charge < -0.3 is 4.90 Å². The molecule has 1 amide bonds. The molecule has 0 saturated heterocycles. The Balaban J connectivity index is 1.85. The van der Waals surface area contributed by atoms with Gasteiger partial charge in [0, 0.05) is 18.7 Å². The van der Waals surface area contributed by atoms with Crippen molar-refractivity contribution in [2.75, 3.05) is 0 Å².